The van der Waals surface area contributed by atoms with Gasteiger partial charge in [-0.05, 0) is 42.7 Å². The van der Waals surface area contributed by atoms with E-state index < -0.39 is 5.41 Å². The molecule has 1 aromatic carbocycles. The Kier molecular flexibility index (Phi) is 4.56. The van der Waals surface area contributed by atoms with Crippen molar-refractivity contribution < 1.29 is 14.3 Å². The Morgan fingerprint density at radius 3 is 2.85 bits per heavy atom. The minimum absolute atomic E-state index is 0.0426. The van der Waals surface area contributed by atoms with Crippen molar-refractivity contribution in [3.8, 4) is 5.75 Å². The summed E-state index contributed by atoms with van der Waals surface area (Å²) in [5, 5.41) is 0. The fraction of sp³-hybridized carbons (Fsp3) is 0.381. The van der Waals surface area contributed by atoms with Crippen LogP contribution in [0.2, 0.25) is 0 Å². The summed E-state index contributed by atoms with van der Waals surface area (Å²) in [6.45, 7) is 2.42. The van der Waals surface area contributed by atoms with Gasteiger partial charge in [0.2, 0.25) is 5.91 Å². The Morgan fingerprint density at radius 2 is 2.07 bits per heavy atom. The van der Waals surface area contributed by atoms with Gasteiger partial charge in [0.25, 0.3) is 5.91 Å². The molecule has 1 atom stereocenters. The van der Waals surface area contributed by atoms with E-state index in [0.29, 0.717) is 25.2 Å². The molecule has 4 rings (SSSR count). The van der Waals surface area contributed by atoms with E-state index >= 15 is 0 Å². The molecule has 2 aromatic rings. The third-order valence-corrected chi connectivity index (χ3v) is 5.66. The number of pyridine rings is 1. The molecule has 0 bridgehead atoms. The zero-order chi connectivity index (χ0) is 18.9. The Labute approximate surface area is 158 Å². The van der Waals surface area contributed by atoms with Gasteiger partial charge in [-0.3, -0.25) is 14.6 Å². The fourth-order valence-electron chi connectivity index (χ4n) is 4.13. The van der Waals surface area contributed by atoms with Crippen molar-refractivity contribution in [3.63, 3.8) is 0 Å². The summed E-state index contributed by atoms with van der Waals surface area (Å²) >= 11 is 0. The average Bonchev–Trinajstić information content (AvgIpc) is 3.28. The van der Waals surface area contributed by atoms with Gasteiger partial charge in [-0.1, -0.05) is 12.1 Å². The van der Waals surface area contributed by atoms with Crippen LogP contribution in [0.5, 0.6) is 5.75 Å². The van der Waals surface area contributed by atoms with E-state index in [2.05, 4.69) is 4.98 Å². The van der Waals surface area contributed by atoms with Gasteiger partial charge in [0.05, 0.1) is 18.1 Å². The van der Waals surface area contributed by atoms with Crippen LogP contribution in [0.25, 0.3) is 0 Å². The first-order valence-corrected chi connectivity index (χ1v) is 9.23. The predicted octanol–water partition coefficient (Wildman–Crippen LogP) is 2.36. The molecule has 6 nitrogen and oxygen atoms in total. The van der Waals surface area contributed by atoms with Crippen LogP contribution in [-0.2, 0) is 11.3 Å². The largest absolute Gasteiger partial charge is 0.497 e. The lowest BCUT2D eigenvalue weighted by molar-refractivity contribution is -0.135. The summed E-state index contributed by atoms with van der Waals surface area (Å²) in [7, 11) is 1.64. The first-order valence-electron chi connectivity index (χ1n) is 9.23. The van der Waals surface area contributed by atoms with Crippen molar-refractivity contribution in [2.24, 2.45) is 5.41 Å². The molecule has 0 radical (unpaired) electrons. The molecule has 140 valence electrons. The maximum atomic E-state index is 13.1. The summed E-state index contributed by atoms with van der Waals surface area (Å²) in [4.78, 5) is 33.5. The lowest BCUT2D eigenvalue weighted by atomic mass is 9.85. The number of hydrogen-bond acceptors (Lipinski definition) is 4. The Balaban J connectivity index is 1.44. The highest BCUT2D eigenvalue weighted by Gasteiger charge is 2.51. The number of aromatic nitrogens is 1. The summed E-state index contributed by atoms with van der Waals surface area (Å²) in [6.07, 6.45) is 4.76. The fourth-order valence-corrected chi connectivity index (χ4v) is 4.13. The summed E-state index contributed by atoms with van der Waals surface area (Å²) < 4.78 is 5.27. The van der Waals surface area contributed by atoms with Crippen LogP contribution < -0.4 is 4.74 Å². The van der Waals surface area contributed by atoms with Gasteiger partial charge in [-0.2, -0.15) is 0 Å². The highest BCUT2D eigenvalue weighted by molar-refractivity contribution is 5.95. The van der Waals surface area contributed by atoms with Crippen LogP contribution in [0.15, 0.2) is 48.8 Å². The molecular weight excluding hydrogens is 342 g/mol. The molecule has 2 aliphatic rings. The molecule has 2 fully saturated rings. The highest BCUT2D eigenvalue weighted by atomic mass is 16.5. The standard InChI is InChI=1S/C21H23N3O3/c1-27-18-6-2-4-16(12-18)14-23-10-7-21(20(23)26)8-11-24(15-21)19(25)17-5-3-9-22-13-17/h2-6,9,12-13H,7-8,10-11,14-15H2,1H3/t21-/m0/s1. The highest BCUT2D eigenvalue weighted by Crippen LogP contribution is 2.41. The normalized spacial score (nSPS) is 21.9. The van der Waals surface area contributed by atoms with Gasteiger partial charge >= 0.3 is 0 Å². The summed E-state index contributed by atoms with van der Waals surface area (Å²) in [5.41, 5.74) is 1.20. The topological polar surface area (TPSA) is 62.7 Å². The maximum absolute atomic E-state index is 13.1. The molecule has 1 spiro atoms. The molecule has 2 saturated heterocycles. The predicted molar refractivity (Wildman–Crippen MR) is 100 cm³/mol. The van der Waals surface area contributed by atoms with E-state index in [4.69, 9.17) is 4.74 Å². The van der Waals surface area contributed by atoms with Gasteiger partial charge in [0.1, 0.15) is 5.75 Å². The minimum Gasteiger partial charge on any atom is -0.497 e. The molecule has 0 N–H and O–H groups in total. The lowest BCUT2D eigenvalue weighted by Gasteiger charge is -2.24. The molecule has 1 aromatic heterocycles. The number of carbonyl (C=O) groups is 2. The van der Waals surface area contributed by atoms with Crippen molar-refractivity contribution in [2.75, 3.05) is 26.7 Å². The van der Waals surface area contributed by atoms with Crippen LogP contribution in [0.4, 0.5) is 0 Å². The number of ether oxygens (including phenoxy) is 1. The number of methoxy groups -OCH3 is 1. The lowest BCUT2D eigenvalue weighted by Crippen LogP contribution is -2.38. The third kappa shape index (κ3) is 3.27. The van der Waals surface area contributed by atoms with Gasteiger partial charge in [-0.15, -0.1) is 0 Å². The number of nitrogens with zero attached hydrogens (tertiary/aromatic N) is 3. The molecule has 27 heavy (non-hydrogen) atoms. The first kappa shape index (κ1) is 17.5. The summed E-state index contributed by atoms with van der Waals surface area (Å²) in [5.74, 6) is 0.911. The molecular formula is C21H23N3O3. The van der Waals surface area contributed by atoms with Crippen LogP contribution in [0, 0.1) is 5.41 Å². The van der Waals surface area contributed by atoms with E-state index in [-0.39, 0.29) is 11.8 Å². The van der Waals surface area contributed by atoms with Crippen LogP contribution >= 0.6 is 0 Å². The van der Waals surface area contributed by atoms with Gasteiger partial charge in [0.15, 0.2) is 0 Å². The van der Waals surface area contributed by atoms with Gasteiger partial charge in [0, 0.05) is 38.6 Å². The average molecular weight is 365 g/mol. The molecule has 0 aliphatic carbocycles. The molecule has 2 amide bonds. The summed E-state index contributed by atoms with van der Waals surface area (Å²) in [6, 6.07) is 11.3. The Hall–Kier alpha value is -2.89. The zero-order valence-electron chi connectivity index (χ0n) is 15.4. The van der Waals surface area contributed by atoms with E-state index in [9.17, 15) is 9.59 Å². The first-order chi connectivity index (χ1) is 13.1. The van der Waals surface area contributed by atoms with Crippen LogP contribution in [0.1, 0.15) is 28.8 Å². The van der Waals surface area contributed by atoms with Crippen molar-refractivity contribution >= 4 is 11.8 Å². The number of benzene rings is 1. The molecule has 0 unspecified atom stereocenters. The van der Waals surface area contributed by atoms with E-state index in [1.165, 1.54) is 0 Å². The second-order valence-corrected chi connectivity index (χ2v) is 7.33. The van der Waals surface area contributed by atoms with E-state index in [0.717, 1.165) is 30.7 Å². The Morgan fingerprint density at radius 1 is 1.22 bits per heavy atom. The molecule has 0 saturated carbocycles. The van der Waals surface area contributed by atoms with Crippen molar-refractivity contribution in [1.82, 2.24) is 14.8 Å². The molecule has 2 aliphatic heterocycles. The number of rotatable bonds is 4. The SMILES string of the molecule is COc1cccc(CN2CC[C@@]3(CCN(C(=O)c4cccnc4)C3)C2=O)c1. The molecule has 3 heterocycles. The number of carbonyl (C=O) groups excluding carboxylic acids is 2. The molecule has 6 heteroatoms. The number of likely N-dealkylation sites (tertiary alicyclic amines) is 2. The third-order valence-electron chi connectivity index (χ3n) is 5.66. The van der Waals surface area contributed by atoms with E-state index in [1.807, 2.05) is 29.2 Å². The number of hydrogen-bond donors (Lipinski definition) is 0. The van der Waals surface area contributed by atoms with Crippen LogP contribution in [-0.4, -0.2) is 53.3 Å². The monoisotopic (exact) mass is 365 g/mol. The minimum atomic E-state index is -0.434. The van der Waals surface area contributed by atoms with Crippen molar-refractivity contribution in [3.05, 3.63) is 59.9 Å². The van der Waals surface area contributed by atoms with Crippen molar-refractivity contribution in [1.29, 1.82) is 0 Å². The van der Waals surface area contributed by atoms with Crippen molar-refractivity contribution in [2.45, 2.75) is 19.4 Å². The van der Waals surface area contributed by atoms with Gasteiger partial charge < -0.3 is 14.5 Å². The smallest absolute Gasteiger partial charge is 0.255 e. The second-order valence-electron chi connectivity index (χ2n) is 7.33. The number of amides is 2. The quantitative estimate of drug-likeness (QED) is 0.834. The second kappa shape index (κ2) is 7.02. The Bertz CT molecular complexity index is 855. The zero-order valence-corrected chi connectivity index (χ0v) is 15.4. The van der Waals surface area contributed by atoms with E-state index in [1.54, 1.807) is 36.5 Å². The van der Waals surface area contributed by atoms with Gasteiger partial charge in [-0.25, -0.2) is 0 Å². The van der Waals surface area contributed by atoms with Crippen LogP contribution in [0.3, 0.4) is 0 Å². The maximum Gasteiger partial charge on any atom is 0.255 e.